The van der Waals surface area contributed by atoms with E-state index in [0.29, 0.717) is 25.2 Å². The van der Waals surface area contributed by atoms with Crippen LogP contribution in [0.3, 0.4) is 0 Å². The summed E-state index contributed by atoms with van der Waals surface area (Å²) in [4.78, 5) is 28.2. The van der Waals surface area contributed by atoms with Gasteiger partial charge in [0.1, 0.15) is 11.7 Å². The number of hydrogen-bond acceptors (Lipinski definition) is 4. The van der Waals surface area contributed by atoms with Crippen molar-refractivity contribution in [3.05, 3.63) is 35.8 Å². The molecule has 2 saturated heterocycles. The van der Waals surface area contributed by atoms with Crippen LogP contribution in [0.25, 0.3) is 0 Å². The van der Waals surface area contributed by atoms with Crippen LogP contribution in [0.5, 0.6) is 0 Å². The van der Waals surface area contributed by atoms with Crippen LogP contribution in [0.15, 0.2) is 34.7 Å². The van der Waals surface area contributed by atoms with Crippen molar-refractivity contribution in [3.63, 3.8) is 0 Å². The van der Waals surface area contributed by atoms with Crippen LogP contribution in [0.4, 0.5) is 0 Å². The molecule has 2 aliphatic rings. The average Bonchev–Trinajstić information content (AvgIpc) is 3.18. The van der Waals surface area contributed by atoms with E-state index in [1.807, 2.05) is 13.8 Å². The first kappa shape index (κ1) is 15.8. The molecule has 6 nitrogen and oxygen atoms in total. The monoisotopic (exact) mass is 318 g/mol. The second-order valence-electron chi connectivity index (χ2n) is 6.83. The molecule has 3 heterocycles. The summed E-state index contributed by atoms with van der Waals surface area (Å²) in [5.41, 5.74) is 0.852. The van der Waals surface area contributed by atoms with E-state index < -0.39 is 11.4 Å². The molecule has 124 valence electrons. The third kappa shape index (κ3) is 2.79. The van der Waals surface area contributed by atoms with Gasteiger partial charge in [0.15, 0.2) is 0 Å². The Labute approximate surface area is 135 Å². The Morgan fingerprint density at radius 1 is 1.39 bits per heavy atom. The number of carbonyl (C=O) groups excluding carboxylic acids is 1. The number of nitrogens with zero attached hydrogens (tertiary/aromatic N) is 2. The van der Waals surface area contributed by atoms with Crippen LogP contribution in [-0.4, -0.2) is 59.5 Å². The molecule has 0 saturated carbocycles. The van der Waals surface area contributed by atoms with E-state index in [4.69, 9.17) is 4.42 Å². The summed E-state index contributed by atoms with van der Waals surface area (Å²) in [6.45, 7) is 6.80. The van der Waals surface area contributed by atoms with Crippen molar-refractivity contribution in [2.75, 3.05) is 32.7 Å². The van der Waals surface area contributed by atoms with Crippen molar-refractivity contribution in [2.45, 2.75) is 13.8 Å². The van der Waals surface area contributed by atoms with Gasteiger partial charge in [-0.3, -0.25) is 14.5 Å². The summed E-state index contributed by atoms with van der Waals surface area (Å²) < 4.78 is 4.95. The normalized spacial score (nSPS) is 27.0. The molecule has 0 aromatic carbocycles. The lowest BCUT2D eigenvalue weighted by molar-refractivity contribution is -0.148. The summed E-state index contributed by atoms with van der Waals surface area (Å²) in [6, 6.07) is 1.62. The predicted molar refractivity (Wildman–Crippen MR) is 84.0 cm³/mol. The zero-order valence-corrected chi connectivity index (χ0v) is 13.5. The first-order valence-corrected chi connectivity index (χ1v) is 7.83. The number of carboxylic acid groups (broad SMARTS) is 1. The van der Waals surface area contributed by atoms with Gasteiger partial charge in [-0.25, -0.2) is 0 Å². The van der Waals surface area contributed by atoms with E-state index in [1.165, 1.54) is 18.1 Å². The first-order chi connectivity index (χ1) is 10.9. The molecule has 1 aromatic rings. The largest absolute Gasteiger partial charge is 0.481 e. The molecule has 2 fully saturated rings. The third-order valence-electron chi connectivity index (χ3n) is 4.92. The first-order valence-electron chi connectivity index (χ1n) is 7.83. The van der Waals surface area contributed by atoms with Crippen molar-refractivity contribution >= 4 is 11.9 Å². The summed E-state index contributed by atoms with van der Waals surface area (Å²) >= 11 is 0. The van der Waals surface area contributed by atoms with Gasteiger partial charge in [0.2, 0.25) is 0 Å². The molecule has 0 radical (unpaired) electrons. The van der Waals surface area contributed by atoms with E-state index in [-0.39, 0.29) is 18.4 Å². The van der Waals surface area contributed by atoms with Crippen LogP contribution in [0, 0.1) is 11.3 Å². The quantitative estimate of drug-likeness (QED) is 0.856. The lowest BCUT2D eigenvalue weighted by atomic mass is 9.81. The number of carbonyl (C=O) groups is 2. The minimum atomic E-state index is -0.852. The van der Waals surface area contributed by atoms with Crippen LogP contribution in [-0.2, 0) is 4.79 Å². The van der Waals surface area contributed by atoms with Gasteiger partial charge in [-0.1, -0.05) is 11.6 Å². The Balaban J connectivity index is 1.75. The molecule has 23 heavy (non-hydrogen) atoms. The summed E-state index contributed by atoms with van der Waals surface area (Å²) in [6.07, 6.45) is 4.98. The van der Waals surface area contributed by atoms with E-state index >= 15 is 0 Å². The molecule has 0 bridgehead atoms. The zero-order valence-electron chi connectivity index (χ0n) is 13.5. The molecule has 0 spiro atoms. The SMILES string of the molecule is CC(C)=CCN1C[C@H]2CN(C(=O)c3ccoc3)C[C@@]2(C(=O)O)C1. The molecule has 2 atom stereocenters. The van der Waals surface area contributed by atoms with Crippen molar-refractivity contribution in [2.24, 2.45) is 11.3 Å². The average molecular weight is 318 g/mol. The third-order valence-corrected chi connectivity index (χ3v) is 4.92. The molecule has 1 N–H and O–H groups in total. The lowest BCUT2D eigenvalue weighted by Gasteiger charge is -2.25. The molecule has 0 unspecified atom stereocenters. The van der Waals surface area contributed by atoms with E-state index in [9.17, 15) is 14.7 Å². The van der Waals surface area contributed by atoms with Crippen LogP contribution in [0.1, 0.15) is 24.2 Å². The fourth-order valence-corrected chi connectivity index (χ4v) is 3.65. The molecule has 1 aromatic heterocycles. The van der Waals surface area contributed by atoms with Crippen LogP contribution >= 0.6 is 0 Å². The molecule has 3 rings (SSSR count). The standard InChI is InChI=1S/C17H22N2O4/c1-12(2)3-5-18-7-14-8-19(11-17(14,10-18)16(21)22)15(20)13-4-6-23-9-13/h3-4,6,9,14H,5,7-8,10-11H2,1-2H3,(H,21,22)/t14-,17-/m0/s1. The predicted octanol–water partition coefficient (Wildman–Crippen LogP) is 1.70. The minimum Gasteiger partial charge on any atom is -0.481 e. The van der Waals surface area contributed by atoms with Crippen molar-refractivity contribution in [3.8, 4) is 0 Å². The highest BCUT2D eigenvalue weighted by atomic mass is 16.4. The highest BCUT2D eigenvalue weighted by molar-refractivity contribution is 5.94. The van der Waals surface area contributed by atoms with Gasteiger partial charge < -0.3 is 14.4 Å². The smallest absolute Gasteiger partial charge is 0.313 e. The molecular weight excluding hydrogens is 296 g/mol. The van der Waals surface area contributed by atoms with Gasteiger partial charge in [-0.2, -0.15) is 0 Å². The van der Waals surface area contributed by atoms with Gasteiger partial charge in [0.05, 0.1) is 11.8 Å². The topological polar surface area (TPSA) is 74.0 Å². The number of amides is 1. The van der Waals surface area contributed by atoms with Gasteiger partial charge in [0.25, 0.3) is 5.91 Å². The number of allylic oxidation sites excluding steroid dienone is 1. The number of likely N-dealkylation sites (tertiary alicyclic amines) is 2. The van der Waals surface area contributed by atoms with Crippen molar-refractivity contribution < 1.29 is 19.1 Å². The highest BCUT2D eigenvalue weighted by Crippen LogP contribution is 2.43. The summed E-state index contributed by atoms with van der Waals surface area (Å²) in [7, 11) is 0. The Hall–Kier alpha value is -2.08. The maximum absolute atomic E-state index is 12.5. The second-order valence-corrected chi connectivity index (χ2v) is 6.83. The highest BCUT2D eigenvalue weighted by Gasteiger charge is 2.58. The molecule has 0 aliphatic carbocycles. The number of rotatable bonds is 4. The van der Waals surface area contributed by atoms with Crippen LogP contribution < -0.4 is 0 Å². The Morgan fingerprint density at radius 3 is 2.74 bits per heavy atom. The number of carboxylic acids is 1. The number of hydrogen-bond donors (Lipinski definition) is 1. The van der Waals surface area contributed by atoms with Gasteiger partial charge in [0, 0.05) is 38.6 Å². The van der Waals surface area contributed by atoms with E-state index in [0.717, 1.165) is 6.54 Å². The molecule has 1 amide bonds. The fraction of sp³-hybridized carbons (Fsp3) is 0.529. The lowest BCUT2D eigenvalue weighted by Crippen LogP contribution is -2.42. The molecule has 2 aliphatic heterocycles. The Morgan fingerprint density at radius 2 is 2.17 bits per heavy atom. The minimum absolute atomic E-state index is 0.0265. The van der Waals surface area contributed by atoms with Gasteiger partial charge >= 0.3 is 5.97 Å². The molecular formula is C17H22N2O4. The van der Waals surface area contributed by atoms with Crippen molar-refractivity contribution in [1.29, 1.82) is 0 Å². The van der Waals surface area contributed by atoms with E-state index in [2.05, 4.69) is 11.0 Å². The maximum Gasteiger partial charge on any atom is 0.313 e. The van der Waals surface area contributed by atoms with Gasteiger partial charge in [-0.15, -0.1) is 0 Å². The summed E-state index contributed by atoms with van der Waals surface area (Å²) in [5, 5.41) is 9.80. The number of furan rings is 1. The Bertz CT molecular complexity index is 633. The fourth-order valence-electron chi connectivity index (χ4n) is 3.65. The van der Waals surface area contributed by atoms with Gasteiger partial charge in [-0.05, 0) is 19.9 Å². The zero-order chi connectivity index (χ0) is 16.6. The maximum atomic E-state index is 12.5. The number of aliphatic carboxylic acids is 1. The van der Waals surface area contributed by atoms with Crippen molar-refractivity contribution in [1.82, 2.24) is 9.80 Å². The second kappa shape index (κ2) is 5.85. The number of fused-ring (bicyclic) bond motifs is 1. The summed E-state index contributed by atoms with van der Waals surface area (Å²) in [5.74, 6) is -0.976. The Kier molecular flexibility index (Phi) is 4.02. The molecule has 6 heteroatoms. The van der Waals surface area contributed by atoms with E-state index in [1.54, 1.807) is 11.0 Å². The van der Waals surface area contributed by atoms with Crippen LogP contribution in [0.2, 0.25) is 0 Å².